The van der Waals surface area contributed by atoms with Crippen LogP contribution in [0.15, 0.2) is 76.1 Å². The van der Waals surface area contributed by atoms with Crippen molar-refractivity contribution in [2.24, 2.45) is 0 Å². The molecule has 1 fully saturated rings. The molecule has 2 atom stereocenters. The number of halogens is 4. The van der Waals surface area contributed by atoms with Gasteiger partial charge in [0.25, 0.3) is 0 Å². The molecule has 11 heteroatoms. The van der Waals surface area contributed by atoms with Crippen molar-refractivity contribution in [1.29, 1.82) is 0 Å². The second-order valence-corrected chi connectivity index (χ2v) is 12.6. The van der Waals surface area contributed by atoms with Crippen molar-refractivity contribution in [3.05, 3.63) is 87.3 Å². The Hall–Kier alpha value is -2.05. The summed E-state index contributed by atoms with van der Waals surface area (Å²) in [5.74, 6) is 0. The molecule has 2 aliphatic rings. The monoisotopic (exact) mass is 614 g/mol. The summed E-state index contributed by atoms with van der Waals surface area (Å²) in [6.07, 6.45) is -0.574. The van der Waals surface area contributed by atoms with Crippen molar-refractivity contribution in [2.75, 3.05) is 24.5 Å². The maximum atomic E-state index is 13.6. The summed E-state index contributed by atoms with van der Waals surface area (Å²) in [5.41, 5.74) is -1.58. The van der Waals surface area contributed by atoms with Gasteiger partial charge in [-0.15, -0.1) is 0 Å². The van der Waals surface area contributed by atoms with Crippen LogP contribution in [0.1, 0.15) is 24.5 Å². The second kappa shape index (κ2) is 10.6. The molecule has 0 saturated carbocycles. The predicted molar refractivity (Wildman–Crippen MR) is 146 cm³/mol. The van der Waals surface area contributed by atoms with Crippen LogP contribution < -0.4 is 4.90 Å². The first-order valence-electron chi connectivity index (χ1n) is 11.6. The number of nitrogens with zero attached hydrogens (tertiary/aromatic N) is 2. The van der Waals surface area contributed by atoms with E-state index in [0.717, 1.165) is 12.5 Å². The van der Waals surface area contributed by atoms with Crippen LogP contribution in [0.25, 0.3) is 0 Å². The fourth-order valence-corrected chi connectivity index (χ4v) is 7.12. The number of thiocarbonyl (C=S) groups is 1. The lowest BCUT2D eigenvalue weighted by Crippen LogP contribution is -2.56. The Morgan fingerprint density at radius 2 is 1.73 bits per heavy atom. The predicted octanol–water partition coefficient (Wildman–Crippen LogP) is 5.46. The van der Waals surface area contributed by atoms with E-state index in [2.05, 4.69) is 15.9 Å². The SMILES string of the molecule is CC(O)(c1ccc(N2CCN(S(=O)(=O)C3=CC(Br)=CCC3=S)C[C@@H]2Cc2ccccc2)cc1)C(F)(F)F. The molecule has 1 heterocycles. The molecule has 1 aliphatic carbocycles. The maximum Gasteiger partial charge on any atom is 0.421 e. The van der Waals surface area contributed by atoms with Crippen LogP contribution in [0.3, 0.4) is 0 Å². The van der Waals surface area contributed by atoms with Gasteiger partial charge in [-0.05, 0) is 42.7 Å². The lowest BCUT2D eigenvalue weighted by Gasteiger charge is -2.43. The number of alkyl halides is 3. The van der Waals surface area contributed by atoms with Crippen LogP contribution in [-0.4, -0.2) is 54.5 Å². The molecule has 37 heavy (non-hydrogen) atoms. The molecule has 2 aromatic carbocycles. The van der Waals surface area contributed by atoms with Crippen molar-refractivity contribution >= 4 is 48.7 Å². The Morgan fingerprint density at radius 1 is 1.08 bits per heavy atom. The van der Waals surface area contributed by atoms with Crippen molar-refractivity contribution in [3.63, 3.8) is 0 Å². The lowest BCUT2D eigenvalue weighted by atomic mass is 9.94. The number of benzene rings is 2. The number of hydrogen-bond donors (Lipinski definition) is 1. The minimum absolute atomic E-state index is 0.113. The van der Waals surface area contributed by atoms with Crippen molar-refractivity contribution in [1.82, 2.24) is 4.31 Å². The van der Waals surface area contributed by atoms with Gasteiger partial charge in [-0.1, -0.05) is 76.7 Å². The zero-order valence-electron chi connectivity index (χ0n) is 20.0. The minimum atomic E-state index is -4.82. The second-order valence-electron chi connectivity index (χ2n) is 9.24. The van der Waals surface area contributed by atoms with Crippen molar-refractivity contribution in [2.45, 2.75) is 37.6 Å². The third kappa shape index (κ3) is 5.85. The number of rotatable bonds is 6. The molecule has 0 spiro atoms. The van der Waals surface area contributed by atoms with Crippen molar-refractivity contribution in [3.8, 4) is 0 Å². The third-order valence-corrected chi connectivity index (χ3v) is 9.72. The van der Waals surface area contributed by atoms with Crippen LogP contribution in [0.4, 0.5) is 18.9 Å². The van der Waals surface area contributed by atoms with Gasteiger partial charge < -0.3 is 10.0 Å². The number of allylic oxidation sites excluding steroid dienone is 4. The Labute approximate surface area is 228 Å². The van der Waals surface area contributed by atoms with Crippen LogP contribution in [0.5, 0.6) is 0 Å². The van der Waals surface area contributed by atoms with Gasteiger partial charge in [0, 0.05) is 47.1 Å². The highest BCUT2D eigenvalue weighted by Gasteiger charge is 2.51. The minimum Gasteiger partial charge on any atom is -0.376 e. The number of sulfonamides is 1. The molecule has 5 nitrogen and oxygen atoms in total. The number of hydrogen-bond acceptors (Lipinski definition) is 5. The highest BCUT2D eigenvalue weighted by atomic mass is 79.9. The molecular weight excluding hydrogens is 589 g/mol. The molecule has 198 valence electrons. The van der Waals surface area contributed by atoms with Gasteiger partial charge in [-0.2, -0.15) is 17.5 Å². The van der Waals surface area contributed by atoms with E-state index in [9.17, 15) is 26.7 Å². The Balaban J connectivity index is 1.64. The van der Waals surface area contributed by atoms with Gasteiger partial charge in [0.2, 0.25) is 10.0 Å². The van der Waals surface area contributed by atoms with E-state index in [1.807, 2.05) is 41.3 Å². The van der Waals surface area contributed by atoms with Crippen LogP contribution >= 0.6 is 28.1 Å². The molecule has 0 radical (unpaired) electrons. The van der Waals surface area contributed by atoms with E-state index in [1.165, 1.54) is 22.5 Å². The molecule has 4 rings (SSSR count). The van der Waals surface area contributed by atoms with Gasteiger partial charge in [0.05, 0.1) is 4.91 Å². The number of anilines is 1. The summed E-state index contributed by atoms with van der Waals surface area (Å²) in [7, 11) is -3.84. The normalized spacial score (nSPS) is 21.3. The van der Waals surface area contributed by atoms with Crippen LogP contribution in [0.2, 0.25) is 0 Å². The zero-order valence-corrected chi connectivity index (χ0v) is 23.2. The molecule has 0 aromatic heterocycles. The topological polar surface area (TPSA) is 60.9 Å². The third-order valence-electron chi connectivity index (χ3n) is 6.72. The number of piperazine rings is 1. The van der Waals surface area contributed by atoms with E-state index in [4.69, 9.17) is 12.2 Å². The van der Waals surface area contributed by atoms with E-state index >= 15 is 0 Å². The summed E-state index contributed by atoms with van der Waals surface area (Å²) in [4.78, 5) is 2.48. The lowest BCUT2D eigenvalue weighted by molar-refractivity contribution is -0.258. The summed E-state index contributed by atoms with van der Waals surface area (Å²) in [6, 6.07) is 14.9. The summed E-state index contributed by atoms with van der Waals surface area (Å²) < 4.78 is 69.1. The van der Waals surface area contributed by atoms with Crippen molar-refractivity contribution < 1.29 is 26.7 Å². The van der Waals surface area contributed by atoms with Crippen LogP contribution in [-0.2, 0) is 22.0 Å². The smallest absolute Gasteiger partial charge is 0.376 e. The van der Waals surface area contributed by atoms with E-state index in [0.29, 0.717) is 34.4 Å². The molecule has 1 unspecified atom stereocenters. The van der Waals surface area contributed by atoms with E-state index in [1.54, 1.807) is 12.1 Å². The summed E-state index contributed by atoms with van der Waals surface area (Å²) in [6.45, 7) is 1.43. The largest absolute Gasteiger partial charge is 0.421 e. The fraction of sp³-hybridized carbons (Fsp3) is 0.346. The molecule has 1 N–H and O–H groups in total. The average Bonchev–Trinajstić information content (AvgIpc) is 2.85. The van der Waals surface area contributed by atoms with Gasteiger partial charge >= 0.3 is 6.18 Å². The Bertz CT molecular complexity index is 1330. The van der Waals surface area contributed by atoms with Gasteiger partial charge in [-0.25, -0.2) is 8.42 Å². The Kier molecular flexibility index (Phi) is 8.02. The average molecular weight is 616 g/mol. The summed E-state index contributed by atoms with van der Waals surface area (Å²) in [5, 5.41) is 10.0. The molecule has 0 bridgehead atoms. The maximum absolute atomic E-state index is 13.6. The molecule has 1 saturated heterocycles. The molecule has 2 aromatic rings. The quantitative estimate of drug-likeness (QED) is 0.438. The zero-order chi connectivity index (χ0) is 27.0. The van der Waals surface area contributed by atoms with Gasteiger partial charge in [0.1, 0.15) is 0 Å². The standard InChI is InChI=1S/C26H26BrF3N2O3S2/c1-25(33,26(28,29)30)19-7-10-21(11-8-19)32-14-13-31(17-22(32)15-18-5-3-2-4-6-18)37(34,35)24-16-20(27)9-12-23(24)36/h2-11,16,22,33H,12-15,17H2,1H3/t22-,25?/m0/s1. The highest BCUT2D eigenvalue weighted by Crippen LogP contribution is 2.39. The van der Waals surface area contributed by atoms with Gasteiger partial charge in [-0.3, -0.25) is 0 Å². The first-order chi connectivity index (χ1) is 17.3. The Morgan fingerprint density at radius 3 is 2.35 bits per heavy atom. The molecule has 1 aliphatic heterocycles. The van der Waals surface area contributed by atoms with E-state index in [-0.39, 0.29) is 29.6 Å². The molecule has 0 amide bonds. The first-order valence-corrected chi connectivity index (χ1v) is 14.3. The number of aliphatic hydroxyl groups is 1. The first kappa shape index (κ1) is 28.0. The highest BCUT2D eigenvalue weighted by molar-refractivity contribution is 9.11. The van der Waals surface area contributed by atoms with Crippen LogP contribution in [0, 0.1) is 0 Å². The van der Waals surface area contributed by atoms with Gasteiger partial charge in [0.15, 0.2) is 5.60 Å². The summed E-state index contributed by atoms with van der Waals surface area (Å²) >= 11 is 8.70. The molecular formula is C26H26BrF3N2O3S2. The van der Waals surface area contributed by atoms with E-state index < -0.39 is 21.8 Å². The fourth-order valence-electron chi connectivity index (χ4n) is 4.50.